The molecule has 0 fully saturated rings. The molecule has 2 aromatic rings. The van der Waals surface area contributed by atoms with E-state index in [0.29, 0.717) is 6.42 Å². The summed E-state index contributed by atoms with van der Waals surface area (Å²) in [5, 5.41) is 24.7. The van der Waals surface area contributed by atoms with Gasteiger partial charge in [-0.3, -0.25) is 4.55 Å². The van der Waals surface area contributed by atoms with E-state index in [2.05, 4.69) is 0 Å². The molecule has 36 heavy (non-hydrogen) atoms. The van der Waals surface area contributed by atoms with Gasteiger partial charge in [-0.25, -0.2) is 0 Å². The van der Waals surface area contributed by atoms with Gasteiger partial charge in [-0.05, 0) is 47.6 Å². The van der Waals surface area contributed by atoms with Crippen molar-refractivity contribution in [1.29, 1.82) is 0 Å². The molecule has 0 radical (unpaired) electrons. The molecule has 186 valence electrons. The fraction of sp³-hybridized carbons (Fsp3) is 0.462. The Hall–Kier alpha value is -0.710. The molecular formula is C26H32Na2O7S. The second kappa shape index (κ2) is 13.9. The van der Waals surface area contributed by atoms with Crippen molar-refractivity contribution >= 4 is 22.1 Å². The number of carbonyl (C=O) groups excluding carboxylic acids is 2. The van der Waals surface area contributed by atoms with Gasteiger partial charge in [0.2, 0.25) is 0 Å². The summed E-state index contributed by atoms with van der Waals surface area (Å²) in [5.41, 5.74) is -0.167. The van der Waals surface area contributed by atoms with E-state index >= 15 is 0 Å². The molecule has 10 heteroatoms. The van der Waals surface area contributed by atoms with Crippen LogP contribution in [0.4, 0.5) is 0 Å². The van der Waals surface area contributed by atoms with E-state index in [1.165, 1.54) is 0 Å². The first-order valence-electron chi connectivity index (χ1n) is 11.1. The van der Waals surface area contributed by atoms with Crippen LogP contribution >= 0.6 is 0 Å². The maximum atomic E-state index is 12.7. The Morgan fingerprint density at radius 3 is 1.53 bits per heavy atom. The zero-order valence-electron chi connectivity index (χ0n) is 22.0. The van der Waals surface area contributed by atoms with E-state index < -0.39 is 50.0 Å². The summed E-state index contributed by atoms with van der Waals surface area (Å²) in [7, 11) is -5.42. The number of carbonyl (C=O) groups is 2. The van der Waals surface area contributed by atoms with Gasteiger partial charge in [0.1, 0.15) is 4.75 Å². The Bertz CT molecular complexity index is 1100. The Morgan fingerprint density at radius 2 is 1.19 bits per heavy atom. The van der Waals surface area contributed by atoms with Crippen molar-refractivity contribution in [3.63, 3.8) is 0 Å². The van der Waals surface area contributed by atoms with Crippen molar-refractivity contribution < 1.29 is 91.9 Å². The summed E-state index contributed by atoms with van der Waals surface area (Å²) in [6.45, 7) is 6.69. The second-order valence-corrected chi connectivity index (χ2v) is 12.2. The fourth-order valence-electron chi connectivity index (χ4n) is 4.85. The van der Waals surface area contributed by atoms with Crippen molar-refractivity contribution in [3.8, 4) is 0 Å². The molecule has 2 rings (SSSR count). The monoisotopic (exact) mass is 534 g/mol. The van der Waals surface area contributed by atoms with Crippen LogP contribution in [0, 0.1) is 16.7 Å². The van der Waals surface area contributed by atoms with Crippen LogP contribution in [0.1, 0.15) is 51.7 Å². The van der Waals surface area contributed by atoms with Crippen molar-refractivity contribution in [3.05, 3.63) is 71.8 Å². The maximum Gasteiger partial charge on any atom is 1.00 e. The van der Waals surface area contributed by atoms with Crippen LogP contribution in [0.3, 0.4) is 0 Å². The Balaban J connectivity index is 0.00000612. The molecule has 1 N–H and O–H groups in total. The number of hydrogen-bond donors (Lipinski definition) is 1. The SMILES string of the molecule is CC(C)(Cc1ccccc1)CC(C(=O)[O-])C(CC(C)(C)Cc1ccccc1)(C(=O)[O-])S(=O)(=O)O.[Na+].[Na+]. The summed E-state index contributed by atoms with van der Waals surface area (Å²) in [6, 6.07) is 18.1. The largest absolute Gasteiger partial charge is 1.00 e. The number of hydrogen-bond acceptors (Lipinski definition) is 6. The average Bonchev–Trinajstić information content (AvgIpc) is 2.70. The zero-order chi connectivity index (χ0) is 25.8. The number of carboxylic acid groups (broad SMARTS) is 2. The fourth-order valence-corrected chi connectivity index (χ4v) is 6.17. The van der Waals surface area contributed by atoms with Crippen molar-refractivity contribution in [1.82, 2.24) is 0 Å². The van der Waals surface area contributed by atoms with Gasteiger partial charge in [0.15, 0.2) is 0 Å². The van der Waals surface area contributed by atoms with E-state index in [9.17, 15) is 32.8 Å². The van der Waals surface area contributed by atoms with Crippen LogP contribution < -0.4 is 69.3 Å². The van der Waals surface area contributed by atoms with Gasteiger partial charge in [0, 0.05) is 11.9 Å². The molecule has 0 bridgehead atoms. The standard InChI is InChI=1S/C26H34O7S.2Na/c1-24(2,15-19-11-7-5-8-12-19)17-21(22(27)28)26(23(29)30,34(31,32)33)18-25(3,4)16-20-13-9-6-10-14-20;;/h5-14,21H,15-18H2,1-4H3,(H,27,28)(H,29,30)(H,31,32,33);;/q;2*+1/p-2. The molecule has 0 amide bonds. The van der Waals surface area contributed by atoms with E-state index in [0.717, 1.165) is 11.1 Å². The molecule has 0 aliphatic carbocycles. The van der Waals surface area contributed by atoms with Gasteiger partial charge in [0.05, 0.1) is 5.97 Å². The van der Waals surface area contributed by atoms with Gasteiger partial charge in [-0.2, -0.15) is 8.42 Å². The molecule has 2 aromatic carbocycles. The maximum absolute atomic E-state index is 12.7. The minimum atomic E-state index is -5.42. The minimum Gasteiger partial charge on any atom is -0.550 e. The number of rotatable bonds is 12. The van der Waals surface area contributed by atoms with E-state index in [4.69, 9.17) is 0 Å². The zero-order valence-corrected chi connectivity index (χ0v) is 26.8. The van der Waals surface area contributed by atoms with Gasteiger partial charge in [-0.1, -0.05) is 88.4 Å². The van der Waals surface area contributed by atoms with Gasteiger partial charge in [0.25, 0.3) is 10.1 Å². The third kappa shape index (κ3) is 9.24. The van der Waals surface area contributed by atoms with Crippen LogP contribution in [0.5, 0.6) is 0 Å². The van der Waals surface area contributed by atoms with Crippen LogP contribution in [-0.2, 0) is 32.5 Å². The van der Waals surface area contributed by atoms with Crippen LogP contribution in [0.2, 0.25) is 0 Å². The Labute approximate surface area is 258 Å². The summed E-state index contributed by atoms with van der Waals surface area (Å²) in [4.78, 5) is 24.7. The molecular weight excluding hydrogens is 502 g/mol. The summed E-state index contributed by atoms with van der Waals surface area (Å²) < 4.78 is 32.4. The molecule has 0 saturated heterocycles. The molecule has 0 aliphatic heterocycles. The van der Waals surface area contributed by atoms with Crippen molar-refractivity contribution in [2.75, 3.05) is 0 Å². The van der Waals surface area contributed by atoms with Gasteiger partial charge >= 0.3 is 59.1 Å². The molecule has 0 aliphatic rings. The average molecular weight is 535 g/mol. The van der Waals surface area contributed by atoms with E-state index in [-0.39, 0.29) is 72.0 Å². The molecule has 0 heterocycles. The van der Waals surface area contributed by atoms with Gasteiger partial charge < -0.3 is 19.8 Å². The summed E-state index contributed by atoms with van der Waals surface area (Å²) >= 11 is 0. The second-order valence-electron chi connectivity index (χ2n) is 10.6. The molecule has 7 nitrogen and oxygen atoms in total. The van der Waals surface area contributed by atoms with E-state index in [1.54, 1.807) is 58.0 Å². The smallest absolute Gasteiger partial charge is 0.550 e. The Morgan fingerprint density at radius 1 is 0.806 bits per heavy atom. The summed E-state index contributed by atoms with van der Waals surface area (Å²) in [6.07, 6.45) is -0.416. The first-order valence-corrected chi connectivity index (χ1v) is 12.5. The van der Waals surface area contributed by atoms with Crippen LogP contribution in [0.25, 0.3) is 0 Å². The Kier molecular flexibility index (Phi) is 13.6. The third-order valence-corrected chi connectivity index (χ3v) is 7.72. The predicted molar refractivity (Wildman–Crippen MR) is 125 cm³/mol. The van der Waals surface area contributed by atoms with Crippen LogP contribution in [-0.4, -0.2) is 29.7 Å². The molecule has 0 aromatic heterocycles. The van der Waals surface area contributed by atoms with Crippen molar-refractivity contribution in [2.24, 2.45) is 16.7 Å². The van der Waals surface area contributed by atoms with Crippen molar-refractivity contribution in [2.45, 2.75) is 58.1 Å². The molecule has 0 saturated carbocycles. The normalized spacial score (nSPS) is 14.5. The number of benzene rings is 2. The number of aliphatic carboxylic acids is 2. The molecule has 0 spiro atoms. The van der Waals surface area contributed by atoms with Gasteiger partial charge in [-0.15, -0.1) is 0 Å². The quantitative estimate of drug-likeness (QED) is 0.217. The first kappa shape index (κ1) is 35.3. The first-order chi connectivity index (χ1) is 15.6. The predicted octanol–water partition coefficient (Wildman–Crippen LogP) is -3.94. The molecule has 2 atom stereocenters. The van der Waals surface area contributed by atoms with Crippen LogP contribution in [0.15, 0.2) is 60.7 Å². The summed E-state index contributed by atoms with van der Waals surface area (Å²) in [5.74, 6) is -6.06. The third-order valence-electron chi connectivity index (χ3n) is 6.20. The minimum absolute atomic E-state index is 0. The topological polar surface area (TPSA) is 135 Å². The number of carboxylic acids is 2. The molecule has 2 unspecified atom stereocenters. The van der Waals surface area contributed by atoms with E-state index in [1.807, 2.05) is 30.3 Å².